The molecule has 3 aromatic carbocycles. The van der Waals surface area contributed by atoms with E-state index < -0.39 is 0 Å². The van der Waals surface area contributed by atoms with E-state index in [1.54, 1.807) is 5.56 Å². The summed E-state index contributed by atoms with van der Waals surface area (Å²) >= 11 is 0. The third kappa shape index (κ3) is 4.42. The number of likely N-dealkylation sites (tertiary alicyclic amines) is 2. The molecule has 2 unspecified atom stereocenters. The lowest BCUT2D eigenvalue weighted by Crippen LogP contribution is -2.46. The zero-order chi connectivity index (χ0) is 24.5. The van der Waals surface area contributed by atoms with Crippen molar-refractivity contribution in [3.05, 3.63) is 95.6 Å². The number of fused-ring (bicyclic) bond motifs is 1. The Labute approximate surface area is 216 Å². The second-order valence-electron chi connectivity index (χ2n) is 11.4. The SMILES string of the molecule is CN1CCC(C2(C3CCN(C)C3)CNc3ccc(N(Cc4ccccc4)Cc4ccccc4)cc32)C1. The van der Waals surface area contributed by atoms with Crippen LogP contribution in [0.25, 0.3) is 0 Å². The molecular formula is C32H40N4. The molecular weight excluding hydrogens is 440 g/mol. The maximum Gasteiger partial charge on any atom is 0.0433 e. The molecule has 2 fully saturated rings. The summed E-state index contributed by atoms with van der Waals surface area (Å²) in [6.07, 6.45) is 2.61. The fraction of sp³-hybridized carbons (Fsp3) is 0.438. The molecule has 4 nitrogen and oxygen atoms in total. The lowest BCUT2D eigenvalue weighted by Gasteiger charge is -2.41. The molecule has 0 amide bonds. The molecule has 2 atom stereocenters. The third-order valence-corrected chi connectivity index (χ3v) is 9.11. The van der Waals surface area contributed by atoms with Gasteiger partial charge in [-0.3, -0.25) is 0 Å². The molecule has 0 saturated carbocycles. The van der Waals surface area contributed by atoms with Crippen LogP contribution in [0.5, 0.6) is 0 Å². The summed E-state index contributed by atoms with van der Waals surface area (Å²) in [4.78, 5) is 7.66. The number of nitrogens with one attached hydrogen (secondary N) is 1. The van der Waals surface area contributed by atoms with Gasteiger partial charge in [0.15, 0.2) is 0 Å². The maximum absolute atomic E-state index is 3.88. The Kier molecular flexibility index (Phi) is 6.49. The van der Waals surface area contributed by atoms with Crippen molar-refractivity contribution in [1.82, 2.24) is 9.80 Å². The minimum Gasteiger partial charge on any atom is -0.384 e. The summed E-state index contributed by atoms with van der Waals surface area (Å²) in [7, 11) is 4.60. The average molecular weight is 481 g/mol. The van der Waals surface area contributed by atoms with Gasteiger partial charge in [-0.2, -0.15) is 0 Å². The molecule has 0 radical (unpaired) electrons. The summed E-state index contributed by atoms with van der Waals surface area (Å²) < 4.78 is 0. The number of benzene rings is 3. The number of rotatable bonds is 7. The molecule has 2 saturated heterocycles. The van der Waals surface area contributed by atoms with E-state index in [-0.39, 0.29) is 5.41 Å². The quantitative estimate of drug-likeness (QED) is 0.485. The number of hydrogen-bond donors (Lipinski definition) is 1. The summed E-state index contributed by atoms with van der Waals surface area (Å²) in [5.41, 5.74) is 7.20. The van der Waals surface area contributed by atoms with E-state index in [2.05, 4.69) is 113 Å². The van der Waals surface area contributed by atoms with Crippen LogP contribution in [-0.2, 0) is 18.5 Å². The molecule has 0 aliphatic carbocycles. The van der Waals surface area contributed by atoms with Crippen LogP contribution < -0.4 is 10.2 Å². The normalized spacial score (nSPS) is 26.2. The average Bonchev–Trinajstić information content (AvgIpc) is 3.63. The highest BCUT2D eigenvalue weighted by Gasteiger charge is 2.53. The standard InChI is InChI=1S/C32H40N4/c1-34-17-15-27(22-34)32(28-16-18-35(2)23-28)24-33-31-14-13-29(19-30(31)32)36(20-25-9-5-3-6-10-25)21-26-11-7-4-8-12-26/h3-14,19,27-28,33H,15-18,20-24H2,1-2H3. The van der Waals surface area contributed by atoms with E-state index in [1.807, 2.05) is 0 Å². The predicted octanol–water partition coefficient (Wildman–Crippen LogP) is 5.46. The first-order chi connectivity index (χ1) is 17.6. The van der Waals surface area contributed by atoms with Crippen molar-refractivity contribution in [2.45, 2.75) is 31.3 Å². The third-order valence-electron chi connectivity index (χ3n) is 9.11. The molecule has 3 aliphatic rings. The van der Waals surface area contributed by atoms with Gasteiger partial charge in [0.05, 0.1) is 0 Å². The Balaban J connectivity index is 1.40. The molecule has 3 aromatic rings. The van der Waals surface area contributed by atoms with Crippen LogP contribution in [0.1, 0.15) is 29.5 Å². The van der Waals surface area contributed by atoms with Gasteiger partial charge in [-0.15, -0.1) is 0 Å². The van der Waals surface area contributed by atoms with Gasteiger partial charge in [0.1, 0.15) is 0 Å². The van der Waals surface area contributed by atoms with Crippen LogP contribution >= 0.6 is 0 Å². The van der Waals surface area contributed by atoms with Gasteiger partial charge in [0.25, 0.3) is 0 Å². The Morgan fingerprint density at radius 1 is 0.778 bits per heavy atom. The van der Waals surface area contributed by atoms with Crippen molar-refractivity contribution in [2.24, 2.45) is 11.8 Å². The Hall–Kier alpha value is -2.82. The van der Waals surface area contributed by atoms with Crippen molar-refractivity contribution < 1.29 is 0 Å². The van der Waals surface area contributed by atoms with Gasteiger partial charge >= 0.3 is 0 Å². The monoisotopic (exact) mass is 480 g/mol. The van der Waals surface area contributed by atoms with Crippen LogP contribution in [-0.4, -0.2) is 56.6 Å². The molecule has 3 aliphatic heterocycles. The molecule has 36 heavy (non-hydrogen) atoms. The van der Waals surface area contributed by atoms with E-state index in [0.717, 1.165) is 19.6 Å². The van der Waals surface area contributed by atoms with E-state index in [1.165, 1.54) is 61.5 Å². The summed E-state index contributed by atoms with van der Waals surface area (Å²) in [5.74, 6) is 1.42. The van der Waals surface area contributed by atoms with Gasteiger partial charge in [0.2, 0.25) is 0 Å². The Morgan fingerprint density at radius 2 is 1.33 bits per heavy atom. The molecule has 188 valence electrons. The first-order valence-corrected chi connectivity index (χ1v) is 13.7. The smallest absolute Gasteiger partial charge is 0.0433 e. The molecule has 1 N–H and O–H groups in total. The lowest BCUT2D eigenvalue weighted by molar-refractivity contribution is 0.191. The van der Waals surface area contributed by atoms with Crippen molar-refractivity contribution >= 4 is 11.4 Å². The number of hydrogen-bond acceptors (Lipinski definition) is 4. The minimum atomic E-state index is 0.214. The van der Waals surface area contributed by atoms with Gasteiger partial charge < -0.3 is 20.0 Å². The van der Waals surface area contributed by atoms with E-state index in [0.29, 0.717) is 11.8 Å². The van der Waals surface area contributed by atoms with Crippen molar-refractivity contribution in [1.29, 1.82) is 0 Å². The number of nitrogens with zero attached hydrogens (tertiary/aromatic N) is 3. The molecule has 0 spiro atoms. The second kappa shape index (κ2) is 9.91. The maximum atomic E-state index is 3.88. The van der Waals surface area contributed by atoms with Crippen LogP contribution in [0.4, 0.5) is 11.4 Å². The van der Waals surface area contributed by atoms with Crippen molar-refractivity contribution in [3.8, 4) is 0 Å². The fourth-order valence-electron chi connectivity index (χ4n) is 7.22. The van der Waals surface area contributed by atoms with Gasteiger partial charge in [-0.05, 0) is 86.8 Å². The highest BCUT2D eigenvalue weighted by atomic mass is 15.2. The zero-order valence-electron chi connectivity index (χ0n) is 21.9. The zero-order valence-corrected chi connectivity index (χ0v) is 21.9. The van der Waals surface area contributed by atoms with Gasteiger partial charge in [-0.25, -0.2) is 0 Å². The first-order valence-electron chi connectivity index (χ1n) is 13.7. The van der Waals surface area contributed by atoms with Crippen LogP contribution in [0.15, 0.2) is 78.9 Å². The Bertz CT molecular complexity index is 1100. The highest BCUT2D eigenvalue weighted by Crippen LogP contribution is 2.53. The number of anilines is 2. The molecule has 0 aromatic heterocycles. The predicted molar refractivity (Wildman–Crippen MR) is 151 cm³/mol. The summed E-state index contributed by atoms with van der Waals surface area (Å²) in [6.45, 7) is 7.77. The molecule has 0 bridgehead atoms. The van der Waals surface area contributed by atoms with Crippen LogP contribution in [0.2, 0.25) is 0 Å². The minimum absolute atomic E-state index is 0.214. The van der Waals surface area contributed by atoms with E-state index in [4.69, 9.17) is 0 Å². The van der Waals surface area contributed by atoms with Crippen molar-refractivity contribution in [2.75, 3.05) is 57.0 Å². The second-order valence-corrected chi connectivity index (χ2v) is 11.4. The molecule has 3 heterocycles. The fourth-order valence-corrected chi connectivity index (χ4v) is 7.22. The van der Waals surface area contributed by atoms with E-state index >= 15 is 0 Å². The topological polar surface area (TPSA) is 21.8 Å². The van der Waals surface area contributed by atoms with Crippen LogP contribution in [0, 0.1) is 11.8 Å². The summed E-state index contributed by atoms with van der Waals surface area (Å²) in [6, 6.07) is 29.1. The highest BCUT2D eigenvalue weighted by molar-refractivity contribution is 5.67. The van der Waals surface area contributed by atoms with Crippen LogP contribution in [0.3, 0.4) is 0 Å². The van der Waals surface area contributed by atoms with E-state index in [9.17, 15) is 0 Å². The Morgan fingerprint density at radius 3 is 1.83 bits per heavy atom. The molecule has 4 heteroatoms. The summed E-state index contributed by atoms with van der Waals surface area (Å²) in [5, 5.41) is 3.88. The lowest BCUT2D eigenvalue weighted by atomic mass is 9.62. The molecule has 6 rings (SSSR count). The largest absolute Gasteiger partial charge is 0.384 e. The van der Waals surface area contributed by atoms with Gasteiger partial charge in [0, 0.05) is 49.5 Å². The van der Waals surface area contributed by atoms with Gasteiger partial charge in [-0.1, -0.05) is 60.7 Å². The van der Waals surface area contributed by atoms with Crippen molar-refractivity contribution in [3.63, 3.8) is 0 Å². The first kappa shape index (κ1) is 23.6.